The van der Waals surface area contributed by atoms with E-state index < -0.39 is 21.8 Å². The van der Waals surface area contributed by atoms with E-state index in [2.05, 4.69) is 15.9 Å². The number of amides is 1. The minimum absolute atomic E-state index is 0.0445. The number of aromatic nitrogens is 2. The lowest BCUT2D eigenvalue weighted by molar-refractivity contribution is -0.121. The quantitative estimate of drug-likeness (QED) is 0.679. The Labute approximate surface area is 175 Å². The first-order chi connectivity index (χ1) is 14.4. The number of sulfonamides is 1. The van der Waals surface area contributed by atoms with Gasteiger partial charge in [-0.25, -0.2) is 13.1 Å². The first kappa shape index (κ1) is 19.1. The lowest BCUT2D eigenvalue weighted by atomic mass is 9.68. The third kappa shape index (κ3) is 2.81. The monoisotopic (exact) mass is 425 g/mol. The summed E-state index contributed by atoms with van der Waals surface area (Å²) in [4.78, 5) is 13.0. The molecule has 2 aliphatic carbocycles. The Morgan fingerprint density at radius 1 is 1.23 bits per heavy atom. The van der Waals surface area contributed by atoms with Crippen LogP contribution in [0, 0.1) is 0 Å². The fourth-order valence-electron chi connectivity index (χ4n) is 4.62. The predicted molar refractivity (Wildman–Crippen MR) is 112 cm³/mol. The van der Waals surface area contributed by atoms with Crippen LogP contribution < -0.4 is 9.46 Å². The average Bonchev–Trinajstić information content (AvgIpc) is 3.02. The number of carbonyl (C=O) groups excluding carboxylic acids is 1. The summed E-state index contributed by atoms with van der Waals surface area (Å²) in [5.74, 6) is 0.131. The minimum atomic E-state index is -4.04. The van der Waals surface area contributed by atoms with Gasteiger partial charge in [-0.1, -0.05) is 24.6 Å². The number of fused-ring (bicyclic) bond motifs is 2. The van der Waals surface area contributed by atoms with Crippen molar-refractivity contribution < 1.29 is 17.9 Å². The maximum Gasteiger partial charge on any atom is 0.266 e. The number of aryl methyl sites for hydroxylation is 1. The first-order valence-corrected chi connectivity index (χ1v) is 11.6. The molecule has 1 N–H and O–H groups in total. The highest BCUT2D eigenvalue weighted by Gasteiger charge is 2.40. The van der Waals surface area contributed by atoms with Crippen molar-refractivity contribution in [2.45, 2.75) is 42.4 Å². The van der Waals surface area contributed by atoms with Gasteiger partial charge in [-0.3, -0.25) is 9.48 Å². The topological polar surface area (TPSA) is 90.3 Å². The summed E-state index contributed by atoms with van der Waals surface area (Å²) < 4.78 is 35.4. The normalized spacial score (nSPS) is 18.4. The zero-order valence-corrected chi connectivity index (χ0v) is 17.7. The fraction of sp³-hybridized carbons (Fsp3) is 0.364. The number of carbonyl (C=O) groups is 1. The van der Waals surface area contributed by atoms with E-state index >= 15 is 0 Å². The van der Waals surface area contributed by atoms with Gasteiger partial charge in [-0.2, -0.15) is 5.10 Å². The number of para-hydroxylation sites is 1. The molecule has 1 fully saturated rings. The van der Waals surface area contributed by atoms with E-state index in [9.17, 15) is 13.2 Å². The first-order valence-electron chi connectivity index (χ1n) is 10.1. The molecule has 0 spiro atoms. The molecule has 1 unspecified atom stereocenters. The molecule has 1 saturated carbocycles. The highest BCUT2D eigenvalue weighted by atomic mass is 32.2. The number of hydrogen-bond donors (Lipinski definition) is 1. The van der Waals surface area contributed by atoms with Crippen LogP contribution in [0.15, 0.2) is 41.4 Å². The van der Waals surface area contributed by atoms with Crippen LogP contribution in [0.1, 0.15) is 47.8 Å². The molecule has 1 amide bonds. The minimum Gasteiger partial charge on any atom is -0.496 e. The van der Waals surface area contributed by atoms with E-state index in [1.54, 1.807) is 32.5 Å². The highest BCUT2D eigenvalue weighted by molar-refractivity contribution is 7.90. The van der Waals surface area contributed by atoms with Crippen molar-refractivity contribution >= 4 is 26.8 Å². The summed E-state index contributed by atoms with van der Waals surface area (Å²) in [5, 5.41) is 4.83. The van der Waals surface area contributed by atoms with Crippen LogP contribution in [0.5, 0.6) is 5.75 Å². The van der Waals surface area contributed by atoms with Crippen molar-refractivity contribution in [3.8, 4) is 5.75 Å². The molecule has 0 aliphatic heterocycles. The van der Waals surface area contributed by atoms with Crippen LogP contribution in [0.2, 0.25) is 0 Å². The molecule has 5 rings (SSSR count). The van der Waals surface area contributed by atoms with Crippen LogP contribution in [0.3, 0.4) is 0 Å². The number of ether oxygens (including phenoxy) is 1. The predicted octanol–water partition coefficient (Wildman–Crippen LogP) is 2.99. The summed E-state index contributed by atoms with van der Waals surface area (Å²) in [6.45, 7) is 0. The van der Waals surface area contributed by atoms with Crippen LogP contribution in [0.4, 0.5) is 0 Å². The van der Waals surface area contributed by atoms with Gasteiger partial charge in [0.25, 0.3) is 10.0 Å². The van der Waals surface area contributed by atoms with Crippen molar-refractivity contribution in [3.05, 3.63) is 53.2 Å². The number of rotatable bonds is 5. The standard InChI is InChI=1S/C22H23N3O4S/c1-25-21-14(12-23-25)7-4-8-19(21)30(27,28)24-22(26)17-11-16-15(13-5-3-6-13)9-10-18(29-2)20(16)17/h4,7-10,12-13,17H,3,5-6,11H2,1-2H3,(H,24,26). The van der Waals surface area contributed by atoms with E-state index in [0.717, 1.165) is 11.1 Å². The van der Waals surface area contributed by atoms with Gasteiger partial charge in [0.2, 0.25) is 5.91 Å². The molecule has 2 aliphatic rings. The third-order valence-electron chi connectivity index (χ3n) is 6.44. The largest absolute Gasteiger partial charge is 0.496 e. The number of nitrogens with zero attached hydrogens (tertiary/aromatic N) is 2. The Kier molecular flexibility index (Phi) is 4.36. The summed E-state index contributed by atoms with van der Waals surface area (Å²) >= 11 is 0. The van der Waals surface area contributed by atoms with E-state index in [1.807, 2.05) is 6.07 Å². The molecule has 0 bridgehead atoms. The third-order valence-corrected chi connectivity index (χ3v) is 7.82. The lowest BCUT2D eigenvalue weighted by Gasteiger charge is -2.37. The molecule has 156 valence electrons. The Morgan fingerprint density at radius 3 is 2.73 bits per heavy atom. The number of hydrogen-bond acceptors (Lipinski definition) is 5. The Morgan fingerprint density at radius 2 is 2.03 bits per heavy atom. The average molecular weight is 426 g/mol. The summed E-state index contributed by atoms with van der Waals surface area (Å²) in [6.07, 6.45) is 5.70. The maximum absolute atomic E-state index is 13.0. The van der Waals surface area contributed by atoms with Gasteiger partial charge in [-0.15, -0.1) is 0 Å². The Bertz CT molecular complexity index is 1280. The van der Waals surface area contributed by atoms with Gasteiger partial charge in [-0.05, 0) is 48.4 Å². The van der Waals surface area contributed by atoms with E-state index in [-0.39, 0.29) is 4.90 Å². The van der Waals surface area contributed by atoms with Gasteiger partial charge >= 0.3 is 0 Å². The summed E-state index contributed by atoms with van der Waals surface area (Å²) in [5.41, 5.74) is 3.72. The molecule has 1 atom stereocenters. The molecule has 1 aromatic heterocycles. The smallest absolute Gasteiger partial charge is 0.266 e. The molecule has 1 heterocycles. The van der Waals surface area contributed by atoms with Gasteiger partial charge in [0.15, 0.2) is 0 Å². The number of benzene rings is 2. The zero-order chi connectivity index (χ0) is 21.0. The van der Waals surface area contributed by atoms with Crippen LogP contribution >= 0.6 is 0 Å². The van der Waals surface area contributed by atoms with E-state index in [1.165, 1.54) is 35.6 Å². The van der Waals surface area contributed by atoms with Crippen molar-refractivity contribution in [3.63, 3.8) is 0 Å². The summed E-state index contributed by atoms with van der Waals surface area (Å²) in [6, 6.07) is 8.92. The van der Waals surface area contributed by atoms with Crippen molar-refractivity contribution in [1.82, 2.24) is 14.5 Å². The summed E-state index contributed by atoms with van der Waals surface area (Å²) in [7, 11) is -0.789. The molecule has 8 heteroatoms. The van der Waals surface area contributed by atoms with Crippen LogP contribution in [-0.2, 0) is 28.3 Å². The molecule has 30 heavy (non-hydrogen) atoms. The van der Waals surface area contributed by atoms with E-state index in [4.69, 9.17) is 4.74 Å². The Balaban J connectivity index is 1.46. The van der Waals surface area contributed by atoms with Gasteiger partial charge in [0.05, 0.1) is 24.7 Å². The molecule has 3 aromatic rings. The van der Waals surface area contributed by atoms with Crippen LogP contribution in [-0.4, -0.2) is 31.2 Å². The molecule has 0 saturated heterocycles. The molecular weight excluding hydrogens is 402 g/mol. The van der Waals surface area contributed by atoms with Crippen molar-refractivity contribution in [2.24, 2.45) is 7.05 Å². The van der Waals surface area contributed by atoms with Gasteiger partial charge in [0, 0.05) is 18.0 Å². The molecule has 7 nitrogen and oxygen atoms in total. The van der Waals surface area contributed by atoms with Gasteiger partial charge < -0.3 is 4.74 Å². The second-order valence-corrected chi connectivity index (χ2v) is 9.72. The van der Waals surface area contributed by atoms with Crippen molar-refractivity contribution in [2.75, 3.05) is 7.11 Å². The van der Waals surface area contributed by atoms with Gasteiger partial charge in [0.1, 0.15) is 10.6 Å². The van der Waals surface area contributed by atoms with E-state index in [0.29, 0.717) is 29.0 Å². The Hall–Kier alpha value is -2.87. The second-order valence-electron chi connectivity index (χ2n) is 8.07. The molecular formula is C22H23N3O4S. The fourth-order valence-corrected chi connectivity index (χ4v) is 5.90. The highest BCUT2D eigenvalue weighted by Crippen LogP contribution is 2.49. The van der Waals surface area contributed by atoms with Crippen molar-refractivity contribution in [1.29, 1.82) is 0 Å². The molecule has 2 aromatic carbocycles. The maximum atomic E-state index is 13.0. The zero-order valence-electron chi connectivity index (χ0n) is 16.9. The second kappa shape index (κ2) is 6.84. The number of methoxy groups -OCH3 is 1. The lowest BCUT2D eigenvalue weighted by Crippen LogP contribution is -2.40. The number of nitrogens with one attached hydrogen (secondary N) is 1. The molecule has 0 radical (unpaired) electrons. The SMILES string of the molecule is COc1ccc(C2CCC2)c2c1C(C(=O)NS(=O)(=O)c1cccc3cnn(C)c13)C2. The van der Waals surface area contributed by atoms with Crippen LogP contribution in [0.25, 0.3) is 10.9 Å².